The van der Waals surface area contributed by atoms with Crippen LogP contribution in [0.3, 0.4) is 0 Å². The maximum atomic E-state index is 5.63. The fourth-order valence-corrected chi connectivity index (χ4v) is 2.13. The second-order valence-corrected chi connectivity index (χ2v) is 4.46. The molecule has 0 aliphatic rings. The maximum absolute atomic E-state index is 5.63. The van der Waals surface area contributed by atoms with Crippen molar-refractivity contribution in [3.63, 3.8) is 0 Å². The van der Waals surface area contributed by atoms with Gasteiger partial charge in [-0.2, -0.15) is 0 Å². The van der Waals surface area contributed by atoms with Crippen molar-refractivity contribution in [3.8, 4) is 5.75 Å². The Hall–Kier alpha value is -0.500. The standard InChI is InChI=1S/C12H17BrO/c1-4-8-14-11-7-5-6-10(9(2)3)12(11)13/h5-7,9H,4,8H2,1-3H3. The summed E-state index contributed by atoms with van der Waals surface area (Å²) in [5.41, 5.74) is 1.30. The molecule has 0 atom stereocenters. The second-order valence-electron chi connectivity index (χ2n) is 3.66. The van der Waals surface area contributed by atoms with Gasteiger partial charge < -0.3 is 4.74 Å². The van der Waals surface area contributed by atoms with Crippen molar-refractivity contribution in [2.45, 2.75) is 33.1 Å². The van der Waals surface area contributed by atoms with Gasteiger partial charge in [0.25, 0.3) is 0 Å². The van der Waals surface area contributed by atoms with Crippen LogP contribution < -0.4 is 4.74 Å². The molecule has 0 aromatic heterocycles. The number of hydrogen-bond donors (Lipinski definition) is 0. The highest BCUT2D eigenvalue weighted by atomic mass is 79.9. The van der Waals surface area contributed by atoms with E-state index in [1.165, 1.54) is 5.56 Å². The lowest BCUT2D eigenvalue weighted by Gasteiger charge is -2.12. The Bertz CT molecular complexity index is 294. The van der Waals surface area contributed by atoms with Gasteiger partial charge in [-0.1, -0.05) is 32.9 Å². The average Bonchev–Trinajstić information content (AvgIpc) is 2.16. The molecule has 0 heterocycles. The van der Waals surface area contributed by atoms with Gasteiger partial charge in [0, 0.05) is 0 Å². The highest BCUT2D eigenvalue weighted by molar-refractivity contribution is 9.10. The SMILES string of the molecule is CCCOc1cccc(C(C)C)c1Br. The van der Waals surface area contributed by atoms with E-state index >= 15 is 0 Å². The maximum Gasteiger partial charge on any atom is 0.133 e. The minimum absolute atomic E-state index is 0.523. The molecule has 14 heavy (non-hydrogen) atoms. The summed E-state index contributed by atoms with van der Waals surface area (Å²) in [7, 11) is 0. The van der Waals surface area contributed by atoms with Gasteiger partial charge in [0.05, 0.1) is 11.1 Å². The first-order chi connectivity index (χ1) is 6.66. The molecule has 0 fully saturated rings. The molecular weight excluding hydrogens is 240 g/mol. The van der Waals surface area contributed by atoms with Gasteiger partial charge in [0.15, 0.2) is 0 Å². The molecule has 1 nitrogen and oxygen atoms in total. The summed E-state index contributed by atoms with van der Waals surface area (Å²) in [5, 5.41) is 0. The first-order valence-electron chi connectivity index (χ1n) is 5.08. The Morgan fingerprint density at radius 1 is 1.36 bits per heavy atom. The third-order valence-electron chi connectivity index (χ3n) is 2.08. The Kier molecular flexibility index (Phi) is 4.46. The van der Waals surface area contributed by atoms with Gasteiger partial charge in [-0.05, 0) is 39.9 Å². The average molecular weight is 257 g/mol. The van der Waals surface area contributed by atoms with Crippen molar-refractivity contribution in [2.75, 3.05) is 6.61 Å². The van der Waals surface area contributed by atoms with Crippen LogP contribution in [0.5, 0.6) is 5.75 Å². The van der Waals surface area contributed by atoms with Crippen LogP contribution >= 0.6 is 15.9 Å². The van der Waals surface area contributed by atoms with Gasteiger partial charge in [0.2, 0.25) is 0 Å². The van der Waals surface area contributed by atoms with Crippen LogP contribution in [0.15, 0.2) is 22.7 Å². The van der Waals surface area contributed by atoms with Crippen LogP contribution in [0.25, 0.3) is 0 Å². The molecule has 0 unspecified atom stereocenters. The van der Waals surface area contributed by atoms with Gasteiger partial charge in [0.1, 0.15) is 5.75 Å². The summed E-state index contributed by atoms with van der Waals surface area (Å²) in [6, 6.07) is 6.18. The molecular formula is C12H17BrO. The van der Waals surface area contributed by atoms with Gasteiger partial charge in [-0.15, -0.1) is 0 Å². The van der Waals surface area contributed by atoms with E-state index in [0.717, 1.165) is 23.2 Å². The monoisotopic (exact) mass is 256 g/mol. The number of hydrogen-bond acceptors (Lipinski definition) is 1. The van der Waals surface area contributed by atoms with E-state index in [2.05, 4.69) is 42.8 Å². The molecule has 0 aliphatic heterocycles. The first-order valence-corrected chi connectivity index (χ1v) is 5.87. The normalized spacial score (nSPS) is 10.6. The zero-order valence-electron chi connectivity index (χ0n) is 9.01. The number of ether oxygens (including phenoxy) is 1. The van der Waals surface area contributed by atoms with Crippen molar-refractivity contribution >= 4 is 15.9 Å². The molecule has 0 saturated heterocycles. The lowest BCUT2D eigenvalue weighted by molar-refractivity contribution is 0.315. The van der Waals surface area contributed by atoms with Crippen LogP contribution in [0.2, 0.25) is 0 Å². The molecule has 0 saturated carbocycles. The Morgan fingerprint density at radius 2 is 2.07 bits per heavy atom. The highest BCUT2D eigenvalue weighted by Gasteiger charge is 2.08. The third kappa shape index (κ3) is 2.74. The quantitative estimate of drug-likeness (QED) is 0.778. The molecule has 0 amide bonds. The van der Waals surface area contributed by atoms with Crippen molar-refractivity contribution in [1.82, 2.24) is 0 Å². The van der Waals surface area contributed by atoms with Crippen LogP contribution in [-0.2, 0) is 0 Å². The highest BCUT2D eigenvalue weighted by Crippen LogP contribution is 2.32. The fraction of sp³-hybridized carbons (Fsp3) is 0.500. The summed E-state index contributed by atoms with van der Waals surface area (Å²) in [5.74, 6) is 1.48. The van der Waals surface area contributed by atoms with Crippen molar-refractivity contribution in [1.29, 1.82) is 0 Å². The van der Waals surface area contributed by atoms with Crippen LogP contribution in [0.1, 0.15) is 38.7 Å². The predicted molar refractivity (Wildman–Crippen MR) is 64.0 cm³/mol. The lowest BCUT2D eigenvalue weighted by atomic mass is 10.0. The minimum Gasteiger partial charge on any atom is -0.492 e. The Morgan fingerprint density at radius 3 is 2.64 bits per heavy atom. The van der Waals surface area contributed by atoms with Gasteiger partial charge in [-0.3, -0.25) is 0 Å². The summed E-state index contributed by atoms with van der Waals surface area (Å²) < 4.78 is 6.73. The zero-order chi connectivity index (χ0) is 10.6. The van der Waals surface area contributed by atoms with E-state index in [-0.39, 0.29) is 0 Å². The Labute approximate surface area is 94.6 Å². The molecule has 0 N–H and O–H groups in total. The molecule has 78 valence electrons. The summed E-state index contributed by atoms with van der Waals surface area (Å²) >= 11 is 3.59. The number of benzene rings is 1. The summed E-state index contributed by atoms with van der Waals surface area (Å²) in [4.78, 5) is 0. The Balaban J connectivity index is 2.89. The smallest absolute Gasteiger partial charge is 0.133 e. The molecule has 2 heteroatoms. The minimum atomic E-state index is 0.523. The van der Waals surface area contributed by atoms with Crippen molar-refractivity contribution < 1.29 is 4.74 Å². The van der Waals surface area contributed by atoms with Crippen LogP contribution in [0, 0.1) is 0 Å². The van der Waals surface area contributed by atoms with Gasteiger partial charge >= 0.3 is 0 Å². The first kappa shape index (κ1) is 11.6. The van der Waals surface area contributed by atoms with E-state index in [4.69, 9.17) is 4.74 Å². The molecule has 0 radical (unpaired) electrons. The van der Waals surface area contributed by atoms with E-state index in [9.17, 15) is 0 Å². The molecule has 0 aliphatic carbocycles. The van der Waals surface area contributed by atoms with E-state index in [1.807, 2.05) is 12.1 Å². The van der Waals surface area contributed by atoms with Crippen molar-refractivity contribution in [2.24, 2.45) is 0 Å². The largest absolute Gasteiger partial charge is 0.492 e. The van der Waals surface area contributed by atoms with Crippen molar-refractivity contribution in [3.05, 3.63) is 28.2 Å². The molecule has 1 aromatic carbocycles. The zero-order valence-corrected chi connectivity index (χ0v) is 10.6. The lowest BCUT2D eigenvalue weighted by Crippen LogP contribution is -1.98. The number of halogens is 1. The topological polar surface area (TPSA) is 9.23 Å². The summed E-state index contributed by atoms with van der Waals surface area (Å²) in [6.07, 6.45) is 1.04. The van der Waals surface area contributed by atoms with E-state index in [1.54, 1.807) is 0 Å². The van der Waals surface area contributed by atoms with Crippen LogP contribution in [-0.4, -0.2) is 6.61 Å². The second kappa shape index (κ2) is 5.40. The third-order valence-corrected chi connectivity index (χ3v) is 2.93. The molecule has 1 rings (SSSR count). The molecule has 1 aromatic rings. The molecule has 0 bridgehead atoms. The van der Waals surface area contributed by atoms with E-state index < -0.39 is 0 Å². The van der Waals surface area contributed by atoms with Crippen LogP contribution in [0.4, 0.5) is 0 Å². The number of rotatable bonds is 4. The van der Waals surface area contributed by atoms with E-state index in [0.29, 0.717) is 5.92 Å². The summed E-state index contributed by atoms with van der Waals surface area (Å²) in [6.45, 7) is 7.26. The fourth-order valence-electron chi connectivity index (χ4n) is 1.30. The molecule has 0 spiro atoms. The van der Waals surface area contributed by atoms with Gasteiger partial charge in [-0.25, -0.2) is 0 Å². The predicted octanol–water partition coefficient (Wildman–Crippen LogP) is 4.36.